The number of nitrogens with zero attached hydrogens (tertiary/aromatic N) is 4. The second-order valence-electron chi connectivity index (χ2n) is 10.8. The zero-order valence-corrected chi connectivity index (χ0v) is 22.8. The molecule has 0 bridgehead atoms. The summed E-state index contributed by atoms with van der Waals surface area (Å²) >= 11 is 0. The highest BCUT2D eigenvalue weighted by Gasteiger charge is 2.44. The van der Waals surface area contributed by atoms with Crippen LogP contribution >= 0.6 is 0 Å². The van der Waals surface area contributed by atoms with Gasteiger partial charge in [-0.2, -0.15) is 9.97 Å². The summed E-state index contributed by atoms with van der Waals surface area (Å²) in [4.78, 5) is 15.3. The number of rotatable bonds is 11. The maximum Gasteiger partial charge on any atom is 0.319 e. The average molecular weight is 551 g/mol. The number of pyridine rings is 1. The van der Waals surface area contributed by atoms with Crippen LogP contribution in [0.1, 0.15) is 31.7 Å². The molecule has 2 aliphatic carbocycles. The number of benzene rings is 2. The van der Waals surface area contributed by atoms with E-state index < -0.39 is 12.0 Å². The number of anilines is 1. The van der Waals surface area contributed by atoms with Gasteiger partial charge in [0.15, 0.2) is 12.6 Å². The summed E-state index contributed by atoms with van der Waals surface area (Å²) in [5.74, 6) is 0.243. The van der Waals surface area contributed by atoms with Crippen molar-refractivity contribution in [3.05, 3.63) is 47.9 Å². The van der Waals surface area contributed by atoms with Gasteiger partial charge < -0.3 is 24.2 Å². The molecule has 0 aliphatic heterocycles. The Labute approximate surface area is 230 Å². The lowest BCUT2D eigenvalue weighted by Gasteiger charge is -2.21. The highest BCUT2D eigenvalue weighted by Crippen LogP contribution is 2.45. The molecule has 4 aromatic rings. The van der Waals surface area contributed by atoms with Gasteiger partial charge in [-0.05, 0) is 47.7 Å². The third-order valence-corrected chi connectivity index (χ3v) is 7.97. The van der Waals surface area contributed by atoms with Crippen molar-refractivity contribution in [2.75, 3.05) is 39.1 Å². The Morgan fingerprint density at radius 3 is 2.65 bits per heavy atom. The Balaban J connectivity index is 1.52. The number of fused-ring (bicyclic) bond motifs is 2. The fourth-order valence-corrected chi connectivity index (χ4v) is 5.17. The van der Waals surface area contributed by atoms with Crippen molar-refractivity contribution in [1.82, 2.24) is 15.0 Å². The Kier molecular flexibility index (Phi) is 6.92. The van der Waals surface area contributed by atoms with Gasteiger partial charge in [0.1, 0.15) is 28.9 Å². The molecule has 2 aromatic heterocycles. The van der Waals surface area contributed by atoms with Gasteiger partial charge in [-0.15, -0.1) is 0 Å². The van der Waals surface area contributed by atoms with Crippen molar-refractivity contribution in [3.63, 3.8) is 0 Å². The highest BCUT2D eigenvalue weighted by atomic mass is 19.1. The van der Waals surface area contributed by atoms with Crippen LogP contribution in [0.4, 0.5) is 14.6 Å². The third kappa shape index (κ3) is 4.79. The fraction of sp³-hybridized carbons (Fsp3) is 0.433. The van der Waals surface area contributed by atoms with Gasteiger partial charge in [-0.1, -0.05) is 25.1 Å². The van der Waals surface area contributed by atoms with Crippen LogP contribution in [0.5, 0.6) is 11.8 Å². The Morgan fingerprint density at radius 1 is 1.18 bits per heavy atom. The number of halogens is 2. The quantitative estimate of drug-likeness (QED) is 0.254. The van der Waals surface area contributed by atoms with Crippen LogP contribution in [-0.2, 0) is 11.2 Å². The lowest BCUT2D eigenvalue weighted by atomic mass is 9.95. The number of alkyl halides is 1. The molecule has 2 aliphatic rings. The third-order valence-electron chi connectivity index (χ3n) is 7.97. The van der Waals surface area contributed by atoms with Gasteiger partial charge in [-0.3, -0.25) is 4.98 Å². The largest absolute Gasteiger partial charge is 0.468 e. The van der Waals surface area contributed by atoms with Crippen molar-refractivity contribution >= 4 is 27.5 Å². The minimum atomic E-state index is -0.978. The Hall–Kier alpha value is -3.63. The van der Waals surface area contributed by atoms with Crippen LogP contribution in [0.15, 0.2) is 36.5 Å². The first-order valence-electron chi connectivity index (χ1n) is 13.5. The predicted octanol–water partition coefficient (Wildman–Crippen LogP) is 5.23. The van der Waals surface area contributed by atoms with E-state index in [1.807, 2.05) is 31.2 Å². The number of aliphatic hydroxyl groups excluding tert-OH is 1. The van der Waals surface area contributed by atoms with Gasteiger partial charge in [-0.25, -0.2) is 8.78 Å². The molecule has 210 valence electrons. The first-order chi connectivity index (χ1) is 19.4. The number of aromatic nitrogens is 3. The van der Waals surface area contributed by atoms with E-state index in [1.165, 1.54) is 13.3 Å². The minimum absolute atomic E-state index is 0.00427. The summed E-state index contributed by atoms with van der Waals surface area (Å²) in [6, 6.07) is 9.22. The SMILES string of the molecule is CCc1cccc2cc(OCOC)cc(-c3ncc4c(N(C)[C@@H]5C[C@H]5F)nc(OCC5(CO)CC5)nc4c3F)c12. The van der Waals surface area contributed by atoms with Gasteiger partial charge in [0, 0.05) is 37.8 Å². The zero-order valence-electron chi connectivity index (χ0n) is 22.8. The molecule has 8 nitrogen and oxygen atoms in total. The van der Waals surface area contributed by atoms with Gasteiger partial charge in [0.2, 0.25) is 0 Å². The number of hydrogen-bond acceptors (Lipinski definition) is 8. The smallest absolute Gasteiger partial charge is 0.319 e. The molecule has 6 rings (SSSR count). The van der Waals surface area contributed by atoms with Crippen molar-refractivity contribution in [3.8, 4) is 23.0 Å². The molecule has 2 aromatic carbocycles. The maximum absolute atomic E-state index is 16.6. The van der Waals surface area contributed by atoms with Crippen LogP contribution in [0.25, 0.3) is 32.9 Å². The molecule has 10 heteroatoms. The van der Waals surface area contributed by atoms with E-state index >= 15 is 4.39 Å². The van der Waals surface area contributed by atoms with Crippen molar-refractivity contribution in [1.29, 1.82) is 0 Å². The average Bonchev–Trinajstić information content (AvgIpc) is 3.91. The van der Waals surface area contributed by atoms with E-state index in [4.69, 9.17) is 14.2 Å². The fourth-order valence-electron chi connectivity index (χ4n) is 5.17. The first kappa shape index (κ1) is 26.6. The molecule has 40 heavy (non-hydrogen) atoms. The molecule has 1 N–H and O–H groups in total. The molecule has 0 amide bonds. The lowest BCUT2D eigenvalue weighted by Crippen LogP contribution is -2.24. The standard InChI is InChI=1S/C30H32F2N4O4/c1-4-17-6-5-7-18-10-19(40-16-38-3)11-20(24(17)18)26-25(32)27-21(13-33-26)28(36(2)23-12-22(23)31)35-29(34-27)39-15-30(14-37)8-9-30/h5-7,10-11,13,22-23,37H,4,8-9,12,14-16H2,1-3H3/t22-,23-/m1/s1. The molecule has 2 heterocycles. The molecule has 2 saturated carbocycles. The second-order valence-corrected chi connectivity index (χ2v) is 10.8. The van der Waals surface area contributed by atoms with Crippen molar-refractivity contribution < 1.29 is 28.1 Å². The summed E-state index contributed by atoms with van der Waals surface area (Å²) in [5, 5.41) is 11.8. The van der Waals surface area contributed by atoms with E-state index in [0.717, 1.165) is 35.6 Å². The van der Waals surface area contributed by atoms with Crippen molar-refractivity contribution in [2.45, 2.75) is 44.8 Å². The first-order valence-corrected chi connectivity index (χ1v) is 13.5. The molecular weight excluding hydrogens is 518 g/mol. The summed E-state index contributed by atoms with van der Waals surface area (Å²) in [6.45, 7) is 2.31. The molecule has 0 spiro atoms. The Morgan fingerprint density at radius 2 is 1.98 bits per heavy atom. The number of ether oxygens (including phenoxy) is 3. The van der Waals surface area contributed by atoms with E-state index in [1.54, 1.807) is 18.0 Å². The van der Waals surface area contributed by atoms with Crippen LogP contribution in [0.3, 0.4) is 0 Å². The number of hydrogen-bond donors (Lipinski definition) is 1. The number of aliphatic hydroxyl groups is 1. The summed E-state index contributed by atoms with van der Waals surface area (Å²) < 4.78 is 47.3. The monoisotopic (exact) mass is 550 g/mol. The molecule has 0 saturated heterocycles. The van der Waals surface area contributed by atoms with Gasteiger partial charge in [0.25, 0.3) is 0 Å². The molecule has 2 fully saturated rings. The minimum Gasteiger partial charge on any atom is -0.468 e. The molecule has 0 unspecified atom stereocenters. The Bertz CT molecular complexity index is 1580. The summed E-state index contributed by atoms with van der Waals surface area (Å²) in [6.07, 6.45) is 3.36. The molecule has 2 atom stereocenters. The summed E-state index contributed by atoms with van der Waals surface area (Å²) in [7, 11) is 3.27. The van der Waals surface area contributed by atoms with Crippen molar-refractivity contribution in [2.24, 2.45) is 5.41 Å². The van der Waals surface area contributed by atoms with E-state index in [9.17, 15) is 9.50 Å². The van der Waals surface area contributed by atoms with Crippen LogP contribution in [0, 0.1) is 11.2 Å². The lowest BCUT2D eigenvalue weighted by molar-refractivity contribution is 0.0512. The van der Waals surface area contributed by atoms with E-state index in [-0.39, 0.29) is 48.7 Å². The number of aryl methyl sites for hydroxylation is 1. The normalized spacial score (nSPS) is 19.1. The van der Waals surface area contributed by atoms with E-state index in [0.29, 0.717) is 28.9 Å². The topological polar surface area (TPSA) is 89.8 Å². The van der Waals surface area contributed by atoms with E-state index in [2.05, 4.69) is 15.0 Å². The van der Waals surface area contributed by atoms with Crippen LogP contribution < -0.4 is 14.4 Å². The van der Waals surface area contributed by atoms with Gasteiger partial charge in [0.05, 0.1) is 24.6 Å². The summed E-state index contributed by atoms with van der Waals surface area (Å²) in [5.41, 5.74) is 1.45. The molecular formula is C30H32F2N4O4. The van der Waals surface area contributed by atoms with Crippen LogP contribution in [-0.4, -0.2) is 66.4 Å². The zero-order chi connectivity index (χ0) is 28.0. The van der Waals surface area contributed by atoms with Crippen LogP contribution in [0.2, 0.25) is 0 Å². The maximum atomic E-state index is 16.6. The second kappa shape index (κ2) is 10.4. The van der Waals surface area contributed by atoms with Gasteiger partial charge >= 0.3 is 6.01 Å². The highest BCUT2D eigenvalue weighted by molar-refractivity contribution is 6.01. The molecule has 0 radical (unpaired) electrons. The number of methoxy groups -OCH3 is 1. The predicted molar refractivity (Wildman–Crippen MR) is 148 cm³/mol.